The van der Waals surface area contributed by atoms with E-state index >= 15 is 0 Å². The van der Waals surface area contributed by atoms with Gasteiger partial charge in [-0.15, -0.1) is 11.3 Å². The number of carbonyl (C=O) groups is 1. The molecule has 0 bridgehead atoms. The van der Waals surface area contributed by atoms with Crippen LogP contribution in [0.15, 0.2) is 63.7 Å². The standard InChI is InChI=1S/C22H21Cl2N3O5S3/c23-15-4-9-19(26-34(29,30)21-11-10-20(24)33-21)18(14-15)22(28)25-16-5-7-17(8-6-16)35(31,32)27-12-2-1-3-13-27/h4-11,14,26H,1-3,12-13H2,(H,25,28). The molecular formula is C22H21Cl2N3O5S3. The quantitative estimate of drug-likeness (QED) is 0.399. The molecule has 0 aliphatic carbocycles. The smallest absolute Gasteiger partial charge is 0.271 e. The molecule has 4 rings (SSSR count). The SMILES string of the molecule is O=C(Nc1ccc(S(=O)(=O)N2CCCCC2)cc1)c1cc(Cl)ccc1NS(=O)(=O)c1ccc(Cl)s1. The highest BCUT2D eigenvalue weighted by Gasteiger charge is 2.26. The summed E-state index contributed by atoms with van der Waals surface area (Å²) in [5.74, 6) is -0.624. The van der Waals surface area contributed by atoms with Gasteiger partial charge in [0.15, 0.2) is 0 Å². The molecule has 8 nitrogen and oxygen atoms in total. The van der Waals surface area contributed by atoms with E-state index in [0.29, 0.717) is 23.1 Å². The molecule has 2 aromatic carbocycles. The van der Waals surface area contributed by atoms with Crippen molar-refractivity contribution >= 4 is 71.9 Å². The van der Waals surface area contributed by atoms with Gasteiger partial charge in [0.2, 0.25) is 10.0 Å². The maximum absolute atomic E-state index is 13.0. The van der Waals surface area contributed by atoms with Crippen LogP contribution in [0.25, 0.3) is 0 Å². The van der Waals surface area contributed by atoms with Gasteiger partial charge in [-0.3, -0.25) is 9.52 Å². The Morgan fingerprint density at radius 2 is 1.57 bits per heavy atom. The number of hydrogen-bond donors (Lipinski definition) is 2. The molecule has 2 heterocycles. The molecular weight excluding hydrogens is 553 g/mol. The second-order valence-electron chi connectivity index (χ2n) is 7.80. The van der Waals surface area contributed by atoms with Crippen molar-refractivity contribution in [2.24, 2.45) is 0 Å². The van der Waals surface area contributed by atoms with E-state index in [4.69, 9.17) is 23.2 Å². The topological polar surface area (TPSA) is 113 Å². The van der Waals surface area contributed by atoms with Crippen LogP contribution in [-0.2, 0) is 20.0 Å². The number of nitrogens with one attached hydrogen (secondary N) is 2. The first-order valence-electron chi connectivity index (χ1n) is 10.6. The predicted octanol–water partition coefficient (Wildman–Crippen LogP) is 5.28. The molecule has 1 amide bonds. The Balaban J connectivity index is 1.53. The third-order valence-electron chi connectivity index (χ3n) is 5.35. The lowest BCUT2D eigenvalue weighted by molar-refractivity contribution is 0.102. The number of amides is 1. The highest BCUT2D eigenvalue weighted by Crippen LogP contribution is 2.30. The molecule has 35 heavy (non-hydrogen) atoms. The van der Waals surface area contributed by atoms with Gasteiger partial charge in [0, 0.05) is 23.8 Å². The summed E-state index contributed by atoms with van der Waals surface area (Å²) in [7, 11) is -7.58. The zero-order valence-electron chi connectivity index (χ0n) is 18.2. The van der Waals surface area contributed by atoms with Crippen molar-refractivity contribution in [3.8, 4) is 0 Å². The molecule has 0 saturated carbocycles. The van der Waals surface area contributed by atoms with Crippen molar-refractivity contribution in [2.75, 3.05) is 23.1 Å². The van der Waals surface area contributed by atoms with E-state index in [1.54, 1.807) is 0 Å². The van der Waals surface area contributed by atoms with Crippen molar-refractivity contribution in [3.63, 3.8) is 0 Å². The normalized spacial score (nSPS) is 15.0. The summed E-state index contributed by atoms with van der Waals surface area (Å²) >= 11 is 12.8. The van der Waals surface area contributed by atoms with Gasteiger partial charge in [-0.2, -0.15) is 4.31 Å². The number of halogens is 2. The molecule has 0 atom stereocenters. The first kappa shape index (κ1) is 25.9. The molecule has 0 unspecified atom stereocenters. The minimum atomic E-state index is -3.98. The summed E-state index contributed by atoms with van der Waals surface area (Å²) in [6, 6.07) is 12.8. The molecule has 1 aliphatic heterocycles. The number of anilines is 2. The van der Waals surface area contributed by atoms with Crippen molar-refractivity contribution in [1.82, 2.24) is 4.31 Å². The summed E-state index contributed by atoms with van der Waals surface area (Å²) < 4.78 is 55.2. The number of rotatable bonds is 7. The lowest BCUT2D eigenvalue weighted by Gasteiger charge is -2.25. The average molecular weight is 575 g/mol. The largest absolute Gasteiger partial charge is 0.322 e. The van der Waals surface area contributed by atoms with Crippen LogP contribution in [0.4, 0.5) is 11.4 Å². The van der Waals surface area contributed by atoms with Crippen molar-refractivity contribution in [2.45, 2.75) is 28.4 Å². The highest BCUT2D eigenvalue weighted by molar-refractivity contribution is 7.94. The Labute approximate surface area is 218 Å². The highest BCUT2D eigenvalue weighted by atomic mass is 35.5. The number of carbonyl (C=O) groups excluding carboxylic acids is 1. The fraction of sp³-hybridized carbons (Fsp3) is 0.227. The third kappa shape index (κ3) is 5.99. The van der Waals surface area contributed by atoms with Gasteiger partial charge in [-0.05, 0) is 67.4 Å². The molecule has 1 saturated heterocycles. The Hall–Kier alpha value is -2.15. The lowest BCUT2D eigenvalue weighted by Crippen LogP contribution is -2.35. The number of thiophene rings is 1. The maximum Gasteiger partial charge on any atom is 0.271 e. The van der Waals surface area contributed by atoms with Crippen LogP contribution >= 0.6 is 34.5 Å². The van der Waals surface area contributed by atoms with Crippen LogP contribution in [0.5, 0.6) is 0 Å². The van der Waals surface area contributed by atoms with Crippen LogP contribution in [0.3, 0.4) is 0 Å². The Morgan fingerprint density at radius 3 is 2.20 bits per heavy atom. The Morgan fingerprint density at radius 1 is 0.886 bits per heavy atom. The first-order chi connectivity index (χ1) is 16.6. The van der Waals surface area contributed by atoms with Crippen molar-refractivity contribution < 1.29 is 21.6 Å². The molecule has 1 aromatic heterocycles. The van der Waals surface area contributed by atoms with E-state index in [9.17, 15) is 21.6 Å². The molecule has 0 spiro atoms. The van der Waals surface area contributed by atoms with Gasteiger partial charge in [-0.25, -0.2) is 16.8 Å². The predicted molar refractivity (Wildman–Crippen MR) is 139 cm³/mol. The van der Waals surface area contributed by atoms with Crippen molar-refractivity contribution in [3.05, 3.63) is 69.5 Å². The summed E-state index contributed by atoms with van der Waals surface area (Å²) in [4.78, 5) is 13.1. The molecule has 3 aromatic rings. The number of benzene rings is 2. The monoisotopic (exact) mass is 573 g/mol. The van der Waals surface area contributed by atoms with E-state index in [1.165, 1.54) is 58.9 Å². The van der Waals surface area contributed by atoms with Gasteiger partial charge in [0.25, 0.3) is 15.9 Å². The molecule has 1 fully saturated rings. The zero-order chi connectivity index (χ0) is 25.2. The Bertz CT molecular complexity index is 1450. The third-order valence-corrected chi connectivity index (χ3v) is 10.6. The summed E-state index contributed by atoms with van der Waals surface area (Å²) in [5, 5.41) is 2.89. The Kier molecular flexibility index (Phi) is 7.74. The number of nitrogens with zero attached hydrogens (tertiary/aromatic N) is 1. The van der Waals surface area contributed by atoms with E-state index in [1.807, 2.05) is 0 Å². The van der Waals surface area contributed by atoms with Gasteiger partial charge in [-0.1, -0.05) is 29.6 Å². The fourth-order valence-corrected chi connectivity index (χ4v) is 7.85. The minimum absolute atomic E-state index is 0.00527. The average Bonchev–Trinajstić information content (AvgIpc) is 3.28. The van der Waals surface area contributed by atoms with Crippen LogP contribution in [0, 0.1) is 0 Å². The van der Waals surface area contributed by atoms with Crippen LogP contribution in [0.1, 0.15) is 29.6 Å². The summed E-state index contributed by atoms with van der Waals surface area (Å²) in [6.45, 7) is 0.984. The van der Waals surface area contributed by atoms with Crippen LogP contribution in [0.2, 0.25) is 9.36 Å². The van der Waals surface area contributed by atoms with Crippen molar-refractivity contribution in [1.29, 1.82) is 0 Å². The number of hydrogen-bond acceptors (Lipinski definition) is 6. The minimum Gasteiger partial charge on any atom is -0.322 e. The van der Waals surface area contributed by atoms with E-state index in [2.05, 4.69) is 10.0 Å². The van der Waals surface area contributed by atoms with Crippen LogP contribution < -0.4 is 10.0 Å². The summed E-state index contributed by atoms with van der Waals surface area (Å²) in [5.41, 5.74) is 0.362. The molecule has 2 N–H and O–H groups in total. The van der Waals surface area contributed by atoms with E-state index < -0.39 is 26.0 Å². The van der Waals surface area contributed by atoms with Gasteiger partial charge in [0.05, 0.1) is 20.5 Å². The van der Waals surface area contributed by atoms with E-state index in [-0.39, 0.29) is 25.4 Å². The van der Waals surface area contributed by atoms with E-state index in [0.717, 1.165) is 30.6 Å². The second-order valence-corrected chi connectivity index (χ2v) is 13.8. The first-order valence-corrected chi connectivity index (χ1v) is 15.1. The van der Waals surface area contributed by atoms with Gasteiger partial charge in [0.1, 0.15) is 4.21 Å². The molecule has 1 aliphatic rings. The lowest BCUT2D eigenvalue weighted by atomic mass is 10.1. The molecule has 0 radical (unpaired) electrons. The zero-order valence-corrected chi connectivity index (χ0v) is 22.2. The van der Waals surface area contributed by atoms with Gasteiger partial charge >= 0.3 is 0 Å². The number of piperidine rings is 1. The van der Waals surface area contributed by atoms with Gasteiger partial charge < -0.3 is 5.32 Å². The maximum atomic E-state index is 13.0. The number of sulfonamides is 2. The molecule has 13 heteroatoms. The summed E-state index contributed by atoms with van der Waals surface area (Å²) in [6.07, 6.45) is 2.68. The second kappa shape index (κ2) is 10.5. The van der Waals surface area contributed by atoms with Crippen LogP contribution in [-0.4, -0.2) is 40.1 Å². The fourth-order valence-electron chi connectivity index (χ4n) is 3.59. The molecule has 186 valence electrons.